The average Bonchev–Trinajstić information content (AvgIpc) is 3.24. The Morgan fingerprint density at radius 2 is 2.06 bits per heavy atom. The van der Waals surface area contributed by atoms with Crippen molar-refractivity contribution >= 4 is 6.03 Å². The molecule has 1 aliphatic carbocycles. The summed E-state index contributed by atoms with van der Waals surface area (Å²) in [5.41, 5.74) is 1.14. The van der Waals surface area contributed by atoms with E-state index >= 15 is 0 Å². The van der Waals surface area contributed by atoms with Crippen LogP contribution in [0.4, 0.5) is 4.79 Å². The molecule has 1 N–H and O–H groups in total. The van der Waals surface area contributed by atoms with E-state index < -0.39 is 0 Å². The standard InChI is InChI=1S/C14H18N2O2/c17-14(15-12-6-7-12)16-8-9-18-13(10-16)11-4-2-1-3-5-11/h1-5,12-13H,6-10H2,(H,15,17)/t13-/m0/s1. The molecule has 0 aromatic heterocycles. The largest absolute Gasteiger partial charge is 0.370 e. The van der Waals surface area contributed by atoms with Gasteiger partial charge in [-0.3, -0.25) is 0 Å². The van der Waals surface area contributed by atoms with E-state index in [9.17, 15) is 4.79 Å². The van der Waals surface area contributed by atoms with Crippen LogP contribution in [0.2, 0.25) is 0 Å². The lowest BCUT2D eigenvalue weighted by Gasteiger charge is -2.33. The van der Waals surface area contributed by atoms with E-state index in [-0.39, 0.29) is 12.1 Å². The second-order valence-corrected chi connectivity index (χ2v) is 4.94. The van der Waals surface area contributed by atoms with Crippen LogP contribution in [0.15, 0.2) is 30.3 Å². The first-order chi connectivity index (χ1) is 8.83. The molecule has 18 heavy (non-hydrogen) atoms. The summed E-state index contributed by atoms with van der Waals surface area (Å²) in [6.45, 7) is 1.93. The average molecular weight is 246 g/mol. The van der Waals surface area contributed by atoms with Gasteiger partial charge in [0, 0.05) is 12.6 Å². The molecule has 0 spiro atoms. The molecule has 96 valence electrons. The molecule has 0 radical (unpaired) electrons. The summed E-state index contributed by atoms with van der Waals surface area (Å²) in [6.07, 6.45) is 2.25. The van der Waals surface area contributed by atoms with Gasteiger partial charge in [-0.2, -0.15) is 0 Å². The number of benzene rings is 1. The molecule has 4 heteroatoms. The summed E-state index contributed by atoms with van der Waals surface area (Å²) in [4.78, 5) is 13.8. The molecule has 2 amide bonds. The maximum absolute atomic E-state index is 12.0. The van der Waals surface area contributed by atoms with Crippen LogP contribution in [0.25, 0.3) is 0 Å². The number of hydrogen-bond acceptors (Lipinski definition) is 2. The number of rotatable bonds is 2. The molecule has 2 aliphatic rings. The minimum absolute atomic E-state index is 0.00454. The van der Waals surface area contributed by atoms with E-state index in [1.54, 1.807) is 0 Å². The minimum Gasteiger partial charge on any atom is -0.370 e. The van der Waals surface area contributed by atoms with Crippen molar-refractivity contribution in [3.8, 4) is 0 Å². The van der Waals surface area contributed by atoms with Crippen molar-refractivity contribution in [1.82, 2.24) is 10.2 Å². The van der Waals surface area contributed by atoms with Gasteiger partial charge in [0.05, 0.1) is 13.2 Å². The van der Waals surface area contributed by atoms with Crippen LogP contribution in [0.3, 0.4) is 0 Å². The maximum atomic E-state index is 12.0. The Morgan fingerprint density at radius 3 is 2.78 bits per heavy atom. The van der Waals surface area contributed by atoms with Crippen molar-refractivity contribution in [1.29, 1.82) is 0 Å². The summed E-state index contributed by atoms with van der Waals surface area (Å²) in [5, 5.41) is 3.03. The fourth-order valence-corrected chi connectivity index (χ4v) is 2.20. The molecular weight excluding hydrogens is 228 g/mol. The number of amides is 2. The van der Waals surface area contributed by atoms with Crippen LogP contribution in [0.1, 0.15) is 24.5 Å². The van der Waals surface area contributed by atoms with Gasteiger partial charge in [-0.25, -0.2) is 4.79 Å². The van der Waals surface area contributed by atoms with Gasteiger partial charge in [-0.05, 0) is 18.4 Å². The van der Waals surface area contributed by atoms with Gasteiger partial charge in [0.1, 0.15) is 6.10 Å². The number of nitrogens with zero attached hydrogens (tertiary/aromatic N) is 1. The summed E-state index contributed by atoms with van der Waals surface area (Å²) in [5.74, 6) is 0. The zero-order valence-corrected chi connectivity index (χ0v) is 10.3. The van der Waals surface area contributed by atoms with E-state index in [1.807, 2.05) is 35.2 Å². The highest BCUT2D eigenvalue weighted by Gasteiger charge is 2.29. The zero-order valence-electron chi connectivity index (χ0n) is 10.3. The predicted molar refractivity (Wildman–Crippen MR) is 68.3 cm³/mol. The van der Waals surface area contributed by atoms with Gasteiger partial charge < -0.3 is 15.0 Å². The van der Waals surface area contributed by atoms with Crippen molar-refractivity contribution in [2.24, 2.45) is 0 Å². The van der Waals surface area contributed by atoms with Crippen LogP contribution in [0.5, 0.6) is 0 Å². The van der Waals surface area contributed by atoms with Crippen molar-refractivity contribution in [3.63, 3.8) is 0 Å². The summed E-state index contributed by atoms with van der Waals surface area (Å²) >= 11 is 0. The number of hydrogen-bond donors (Lipinski definition) is 1. The monoisotopic (exact) mass is 246 g/mol. The number of carbonyl (C=O) groups is 1. The molecule has 3 rings (SSSR count). The zero-order chi connectivity index (χ0) is 12.4. The fourth-order valence-electron chi connectivity index (χ4n) is 2.20. The van der Waals surface area contributed by atoms with E-state index in [0.717, 1.165) is 18.4 Å². The van der Waals surface area contributed by atoms with Gasteiger partial charge in [-0.1, -0.05) is 30.3 Å². The number of morpholine rings is 1. The second-order valence-electron chi connectivity index (χ2n) is 4.94. The van der Waals surface area contributed by atoms with Gasteiger partial charge in [0.15, 0.2) is 0 Å². The quantitative estimate of drug-likeness (QED) is 0.866. The predicted octanol–water partition coefficient (Wildman–Crippen LogP) is 1.93. The lowest BCUT2D eigenvalue weighted by Crippen LogP contribution is -2.47. The first-order valence-electron chi connectivity index (χ1n) is 6.55. The number of ether oxygens (including phenoxy) is 1. The molecule has 0 bridgehead atoms. The lowest BCUT2D eigenvalue weighted by molar-refractivity contribution is -0.0154. The van der Waals surface area contributed by atoms with Gasteiger partial charge in [0.25, 0.3) is 0 Å². The van der Waals surface area contributed by atoms with Crippen molar-refractivity contribution in [3.05, 3.63) is 35.9 Å². The van der Waals surface area contributed by atoms with E-state index in [1.165, 1.54) is 0 Å². The van der Waals surface area contributed by atoms with Crippen LogP contribution in [0, 0.1) is 0 Å². The number of carbonyl (C=O) groups excluding carboxylic acids is 1. The second kappa shape index (κ2) is 4.98. The topological polar surface area (TPSA) is 41.6 Å². The highest BCUT2D eigenvalue weighted by Crippen LogP contribution is 2.23. The number of urea groups is 1. The Balaban J connectivity index is 1.62. The molecule has 2 fully saturated rings. The van der Waals surface area contributed by atoms with E-state index in [2.05, 4.69) is 5.32 Å². The Kier molecular flexibility index (Phi) is 3.19. The summed E-state index contributed by atoms with van der Waals surface area (Å²) in [7, 11) is 0. The molecule has 1 atom stereocenters. The van der Waals surface area contributed by atoms with Crippen LogP contribution in [-0.4, -0.2) is 36.7 Å². The molecule has 1 aliphatic heterocycles. The Morgan fingerprint density at radius 1 is 1.28 bits per heavy atom. The first kappa shape index (κ1) is 11.5. The van der Waals surface area contributed by atoms with E-state index in [0.29, 0.717) is 25.7 Å². The van der Waals surface area contributed by atoms with Crippen molar-refractivity contribution in [2.75, 3.05) is 19.7 Å². The van der Waals surface area contributed by atoms with Crippen molar-refractivity contribution < 1.29 is 9.53 Å². The highest BCUT2D eigenvalue weighted by atomic mass is 16.5. The fraction of sp³-hybridized carbons (Fsp3) is 0.500. The summed E-state index contributed by atoms with van der Waals surface area (Å²) < 4.78 is 5.74. The first-order valence-corrected chi connectivity index (χ1v) is 6.55. The molecular formula is C14H18N2O2. The van der Waals surface area contributed by atoms with Crippen LogP contribution < -0.4 is 5.32 Å². The Hall–Kier alpha value is -1.55. The normalized spacial score (nSPS) is 23.8. The third kappa shape index (κ3) is 2.64. The smallest absolute Gasteiger partial charge is 0.317 e. The van der Waals surface area contributed by atoms with Crippen LogP contribution in [-0.2, 0) is 4.74 Å². The molecule has 4 nitrogen and oxygen atoms in total. The maximum Gasteiger partial charge on any atom is 0.317 e. The third-order valence-corrected chi connectivity index (χ3v) is 3.43. The van der Waals surface area contributed by atoms with Crippen molar-refractivity contribution in [2.45, 2.75) is 25.0 Å². The molecule has 1 aromatic carbocycles. The Bertz CT molecular complexity index is 417. The highest BCUT2D eigenvalue weighted by molar-refractivity contribution is 5.75. The molecule has 1 aromatic rings. The molecule has 0 unspecified atom stereocenters. The minimum atomic E-state index is 0.00454. The molecule has 1 saturated heterocycles. The number of nitrogens with one attached hydrogen (secondary N) is 1. The van der Waals surface area contributed by atoms with Gasteiger partial charge >= 0.3 is 6.03 Å². The lowest BCUT2D eigenvalue weighted by atomic mass is 10.1. The molecule has 1 heterocycles. The van der Waals surface area contributed by atoms with E-state index in [4.69, 9.17) is 4.74 Å². The van der Waals surface area contributed by atoms with Gasteiger partial charge in [0.2, 0.25) is 0 Å². The molecule has 1 saturated carbocycles. The third-order valence-electron chi connectivity index (χ3n) is 3.43. The SMILES string of the molecule is O=C(NC1CC1)N1CCO[C@H](c2ccccc2)C1. The van der Waals surface area contributed by atoms with Gasteiger partial charge in [-0.15, -0.1) is 0 Å². The van der Waals surface area contributed by atoms with Crippen LogP contribution >= 0.6 is 0 Å². The summed E-state index contributed by atoms with van der Waals surface area (Å²) in [6, 6.07) is 10.6. The Labute approximate surface area is 107 Å².